The Labute approximate surface area is 85.3 Å². The maximum atomic E-state index is 11.2. The molecule has 2 heterocycles. The minimum atomic E-state index is -0.352. The van der Waals surface area contributed by atoms with Crippen LogP contribution in [0.2, 0.25) is 0 Å². The number of nitrogens with one attached hydrogen (secondary N) is 2. The van der Waals surface area contributed by atoms with Crippen molar-refractivity contribution in [1.29, 1.82) is 0 Å². The Balaban J connectivity index is 2.32. The summed E-state index contributed by atoms with van der Waals surface area (Å²) in [6.07, 6.45) is 0. The molecule has 2 aromatic heterocycles. The monoisotopic (exact) mass is 203 g/mol. The van der Waals surface area contributed by atoms with Crippen molar-refractivity contribution >= 4 is 11.5 Å². The molecule has 0 radical (unpaired) electrons. The van der Waals surface area contributed by atoms with Gasteiger partial charge < -0.3 is 5.32 Å². The van der Waals surface area contributed by atoms with Crippen LogP contribution in [-0.4, -0.2) is 26.4 Å². The number of hydrogen-bond acceptors (Lipinski definition) is 4. The van der Waals surface area contributed by atoms with E-state index in [4.69, 9.17) is 0 Å². The van der Waals surface area contributed by atoms with Gasteiger partial charge >= 0.3 is 5.69 Å². The number of aromatic amines is 1. The van der Waals surface area contributed by atoms with Crippen LogP contribution in [0, 0.1) is 11.8 Å². The molecule has 0 atom stereocenters. The first-order valence-electron chi connectivity index (χ1n) is 4.39. The third-order valence-corrected chi connectivity index (χ3v) is 1.81. The van der Waals surface area contributed by atoms with Crippen LogP contribution in [-0.2, 0) is 0 Å². The summed E-state index contributed by atoms with van der Waals surface area (Å²) in [6.45, 7) is 2.26. The van der Waals surface area contributed by atoms with Gasteiger partial charge in [0.15, 0.2) is 5.65 Å². The van der Waals surface area contributed by atoms with Crippen LogP contribution >= 0.6 is 0 Å². The Morgan fingerprint density at radius 2 is 2.47 bits per heavy atom. The molecule has 6 heteroatoms. The van der Waals surface area contributed by atoms with E-state index in [1.54, 1.807) is 19.1 Å². The zero-order valence-corrected chi connectivity index (χ0v) is 8.11. The van der Waals surface area contributed by atoms with Gasteiger partial charge in [-0.05, 0) is 19.1 Å². The van der Waals surface area contributed by atoms with E-state index in [0.717, 1.165) is 0 Å². The second-order valence-corrected chi connectivity index (χ2v) is 2.80. The first kappa shape index (κ1) is 9.27. The second-order valence-electron chi connectivity index (χ2n) is 2.80. The summed E-state index contributed by atoms with van der Waals surface area (Å²) in [7, 11) is 0. The predicted molar refractivity (Wildman–Crippen MR) is 55.5 cm³/mol. The molecule has 15 heavy (non-hydrogen) atoms. The average molecular weight is 203 g/mol. The molecular formula is C9H9N5O. The Hall–Kier alpha value is -2.29. The van der Waals surface area contributed by atoms with Crippen molar-refractivity contribution in [3.05, 3.63) is 22.6 Å². The summed E-state index contributed by atoms with van der Waals surface area (Å²) >= 11 is 0. The molecule has 0 fully saturated rings. The van der Waals surface area contributed by atoms with Crippen molar-refractivity contribution in [3.63, 3.8) is 0 Å². The second kappa shape index (κ2) is 3.84. The summed E-state index contributed by atoms with van der Waals surface area (Å²) in [5.41, 5.74) is 0.141. The van der Waals surface area contributed by atoms with Crippen LogP contribution in [0.25, 0.3) is 5.65 Å². The number of H-pyrrole nitrogens is 1. The maximum absolute atomic E-state index is 11.2. The van der Waals surface area contributed by atoms with E-state index >= 15 is 0 Å². The lowest BCUT2D eigenvalue weighted by Gasteiger charge is -1.99. The van der Waals surface area contributed by atoms with E-state index < -0.39 is 0 Å². The van der Waals surface area contributed by atoms with Gasteiger partial charge in [-0.25, -0.2) is 9.89 Å². The van der Waals surface area contributed by atoms with Crippen LogP contribution in [0.3, 0.4) is 0 Å². The van der Waals surface area contributed by atoms with E-state index in [1.165, 1.54) is 4.52 Å². The standard InChI is InChI=1S/C9H9N5O/c1-2-3-6-10-7-4-5-8-11-12-9(15)14(8)13-7/h4-5H,6H2,1H3,(H,10,13)(H,12,15). The molecule has 2 N–H and O–H groups in total. The zero-order valence-electron chi connectivity index (χ0n) is 8.11. The molecular weight excluding hydrogens is 194 g/mol. The summed E-state index contributed by atoms with van der Waals surface area (Å²) < 4.78 is 1.20. The molecule has 0 amide bonds. The molecule has 0 bridgehead atoms. The molecule has 0 saturated heterocycles. The molecule has 0 aliphatic carbocycles. The lowest BCUT2D eigenvalue weighted by molar-refractivity contribution is 0.881. The van der Waals surface area contributed by atoms with Crippen molar-refractivity contribution in [1.82, 2.24) is 19.8 Å². The molecule has 0 spiro atoms. The Bertz CT molecular complexity index is 586. The fraction of sp³-hybridized carbons (Fsp3) is 0.222. The number of aromatic nitrogens is 4. The molecule has 0 unspecified atom stereocenters. The van der Waals surface area contributed by atoms with Crippen LogP contribution in [0.4, 0.5) is 5.82 Å². The predicted octanol–water partition coefficient (Wildman–Crippen LogP) is -0.147. The van der Waals surface area contributed by atoms with Crippen LogP contribution < -0.4 is 11.0 Å². The minimum absolute atomic E-state index is 0.352. The fourth-order valence-corrected chi connectivity index (χ4v) is 1.12. The van der Waals surface area contributed by atoms with Crippen LogP contribution in [0.5, 0.6) is 0 Å². The molecule has 0 aromatic carbocycles. The van der Waals surface area contributed by atoms with Crippen LogP contribution in [0.15, 0.2) is 16.9 Å². The lowest BCUT2D eigenvalue weighted by Crippen LogP contribution is -2.14. The Morgan fingerprint density at radius 1 is 1.60 bits per heavy atom. The van der Waals surface area contributed by atoms with Crippen molar-refractivity contribution in [2.75, 3.05) is 11.9 Å². The van der Waals surface area contributed by atoms with Crippen molar-refractivity contribution in [2.45, 2.75) is 6.92 Å². The third-order valence-electron chi connectivity index (χ3n) is 1.81. The molecule has 76 valence electrons. The van der Waals surface area contributed by atoms with Gasteiger partial charge in [0.1, 0.15) is 5.82 Å². The Kier molecular flexibility index (Phi) is 2.37. The van der Waals surface area contributed by atoms with Gasteiger partial charge in [0.25, 0.3) is 0 Å². The highest BCUT2D eigenvalue weighted by molar-refractivity contribution is 5.43. The number of fused-ring (bicyclic) bond motifs is 1. The van der Waals surface area contributed by atoms with Gasteiger partial charge in [-0.3, -0.25) is 0 Å². The molecule has 0 saturated carbocycles. The summed E-state index contributed by atoms with van der Waals surface area (Å²) in [5, 5.41) is 13.1. The van der Waals surface area contributed by atoms with Gasteiger partial charge in [0, 0.05) is 0 Å². The minimum Gasteiger partial charge on any atom is -0.358 e. The van der Waals surface area contributed by atoms with Gasteiger partial charge in [-0.2, -0.15) is 9.61 Å². The molecule has 6 nitrogen and oxygen atoms in total. The van der Waals surface area contributed by atoms with Gasteiger partial charge in [-0.15, -0.1) is 11.0 Å². The van der Waals surface area contributed by atoms with E-state index in [1.807, 2.05) is 0 Å². The Morgan fingerprint density at radius 3 is 3.27 bits per heavy atom. The molecule has 0 aliphatic rings. The smallest absolute Gasteiger partial charge is 0.358 e. The lowest BCUT2D eigenvalue weighted by atomic mass is 10.5. The first-order chi connectivity index (χ1) is 7.31. The molecule has 2 rings (SSSR count). The largest absolute Gasteiger partial charge is 0.364 e. The number of nitrogens with zero attached hydrogens (tertiary/aromatic N) is 3. The molecule has 0 aliphatic heterocycles. The van der Waals surface area contributed by atoms with E-state index in [-0.39, 0.29) is 5.69 Å². The third kappa shape index (κ3) is 1.81. The van der Waals surface area contributed by atoms with Crippen molar-refractivity contribution < 1.29 is 0 Å². The van der Waals surface area contributed by atoms with Crippen LogP contribution in [0.1, 0.15) is 6.92 Å². The summed E-state index contributed by atoms with van der Waals surface area (Å²) in [6, 6.07) is 3.44. The quantitative estimate of drug-likeness (QED) is 0.666. The van der Waals surface area contributed by atoms with Gasteiger partial charge in [0.2, 0.25) is 0 Å². The van der Waals surface area contributed by atoms with Gasteiger partial charge in [-0.1, -0.05) is 5.92 Å². The summed E-state index contributed by atoms with van der Waals surface area (Å²) in [4.78, 5) is 11.2. The highest BCUT2D eigenvalue weighted by atomic mass is 16.2. The SMILES string of the molecule is CC#CCNc1ccc2n[nH]c(=O)n2n1. The van der Waals surface area contributed by atoms with Crippen molar-refractivity contribution in [3.8, 4) is 11.8 Å². The molecule has 2 aromatic rings. The highest BCUT2D eigenvalue weighted by Crippen LogP contribution is 2.01. The topological polar surface area (TPSA) is 75.1 Å². The first-order valence-corrected chi connectivity index (χ1v) is 4.39. The van der Waals surface area contributed by atoms with E-state index in [0.29, 0.717) is 18.0 Å². The summed E-state index contributed by atoms with van der Waals surface area (Å²) in [5.74, 6) is 6.19. The normalized spacial score (nSPS) is 9.67. The highest BCUT2D eigenvalue weighted by Gasteiger charge is 2.01. The average Bonchev–Trinajstić information content (AvgIpc) is 2.61. The number of rotatable bonds is 2. The zero-order chi connectivity index (χ0) is 10.7. The van der Waals surface area contributed by atoms with Gasteiger partial charge in [0.05, 0.1) is 6.54 Å². The number of anilines is 1. The fourth-order valence-electron chi connectivity index (χ4n) is 1.12. The number of hydrogen-bond donors (Lipinski definition) is 2. The van der Waals surface area contributed by atoms with Crippen molar-refractivity contribution in [2.24, 2.45) is 0 Å². The van der Waals surface area contributed by atoms with E-state index in [9.17, 15) is 4.79 Å². The van der Waals surface area contributed by atoms with E-state index in [2.05, 4.69) is 32.5 Å². The maximum Gasteiger partial charge on any atom is 0.364 e.